The summed E-state index contributed by atoms with van der Waals surface area (Å²) in [5, 5.41) is 9.92. The highest BCUT2D eigenvalue weighted by molar-refractivity contribution is 7.92. The molecule has 1 amide bonds. The highest BCUT2D eigenvalue weighted by Gasteiger charge is 2.24. The van der Waals surface area contributed by atoms with Gasteiger partial charge < -0.3 is 10.6 Å². The molecule has 4 rings (SSSR count). The lowest BCUT2D eigenvalue weighted by Crippen LogP contribution is -2.29. The second-order valence-corrected chi connectivity index (χ2v) is 11.2. The number of nitrogens with one attached hydrogen (secondary N) is 3. The third-order valence-electron chi connectivity index (χ3n) is 5.03. The van der Waals surface area contributed by atoms with Gasteiger partial charge in [-0.2, -0.15) is 0 Å². The molecule has 1 aromatic heterocycles. The van der Waals surface area contributed by atoms with Crippen molar-refractivity contribution in [3.05, 3.63) is 72.5 Å². The predicted octanol–water partition coefficient (Wildman–Crippen LogP) is 2.30. The number of carbonyl (C=O) groups is 1. The van der Waals surface area contributed by atoms with Gasteiger partial charge in [0, 0.05) is 24.7 Å². The zero-order chi connectivity index (χ0) is 25.2. The Balaban J connectivity index is 1.67. The molecule has 1 aliphatic rings. The minimum Gasteiger partial charge on any atom is -0.341 e. The number of carbonyl (C=O) groups excluding carboxylic acids is 1. The molecule has 0 saturated carbocycles. The summed E-state index contributed by atoms with van der Waals surface area (Å²) in [6, 6.07) is 12.5. The van der Waals surface area contributed by atoms with Crippen molar-refractivity contribution >= 4 is 54.3 Å². The van der Waals surface area contributed by atoms with E-state index in [1.165, 1.54) is 37.3 Å². The van der Waals surface area contributed by atoms with Crippen LogP contribution in [0, 0.1) is 0 Å². The van der Waals surface area contributed by atoms with E-state index in [2.05, 4.69) is 25.3 Å². The number of sulfonamides is 2. The van der Waals surface area contributed by atoms with Gasteiger partial charge >= 0.3 is 0 Å². The maximum absolute atomic E-state index is 13.1. The van der Waals surface area contributed by atoms with Gasteiger partial charge in [0.05, 0.1) is 21.2 Å². The van der Waals surface area contributed by atoms with Crippen LogP contribution in [0.4, 0.5) is 17.3 Å². The highest BCUT2D eigenvalue weighted by atomic mass is 32.2. The maximum atomic E-state index is 13.1. The molecule has 0 radical (unpaired) electrons. The van der Waals surface area contributed by atoms with Crippen LogP contribution in [0.2, 0.25) is 0 Å². The molecule has 1 heterocycles. The number of amides is 1. The standard InChI is InChI=1S/C22H22N6O5S2/c1-14(29)24-15-9-11-17(12-10-15)35(32,33)28-22-21(26-19-7-2-3-8-20(19)27-22)25-16-5-4-6-18(13-16)34(23,30)31/h2-12,18H,13H2,1H3,(H,24,29)(H,25,26)(H,27,28)(H2,23,30,31). The number of rotatable bonds is 7. The highest BCUT2D eigenvalue weighted by Crippen LogP contribution is 2.28. The van der Waals surface area contributed by atoms with Gasteiger partial charge in [-0.1, -0.05) is 24.3 Å². The Labute approximate surface area is 202 Å². The van der Waals surface area contributed by atoms with E-state index >= 15 is 0 Å². The van der Waals surface area contributed by atoms with Crippen molar-refractivity contribution in [3.63, 3.8) is 0 Å². The summed E-state index contributed by atoms with van der Waals surface area (Å²) in [7, 11) is -7.89. The Morgan fingerprint density at radius 1 is 0.971 bits per heavy atom. The van der Waals surface area contributed by atoms with Crippen LogP contribution in [-0.2, 0) is 24.8 Å². The van der Waals surface area contributed by atoms with E-state index < -0.39 is 25.3 Å². The summed E-state index contributed by atoms with van der Waals surface area (Å²) in [6.45, 7) is 1.35. The number of primary sulfonamides is 1. The molecule has 13 heteroatoms. The summed E-state index contributed by atoms with van der Waals surface area (Å²) >= 11 is 0. The molecule has 11 nitrogen and oxygen atoms in total. The van der Waals surface area contributed by atoms with Crippen molar-refractivity contribution in [3.8, 4) is 0 Å². The van der Waals surface area contributed by atoms with Crippen molar-refractivity contribution in [1.82, 2.24) is 9.97 Å². The number of hydrogen-bond donors (Lipinski definition) is 4. The van der Waals surface area contributed by atoms with E-state index in [9.17, 15) is 21.6 Å². The molecule has 0 aliphatic heterocycles. The van der Waals surface area contributed by atoms with Crippen molar-refractivity contribution in [2.45, 2.75) is 23.5 Å². The normalized spacial score (nSPS) is 15.9. The minimum absolute atomic E-state index is 0.0541. The van der Waals surface area contributed by atoms with Crippen LogP contribution in [0.1, 0.15) is 13.3 Å². The van der Waals surface area contributed by atoms with Crippen LogP contribution in [0.5, 0.6) is 0 Å². The smallest absolute Gasteiger partial charge is 0.263 e. The number of hydrogen-bond acceptors (Lipinski definition) is 8. The van der Waals surface area contributed by atoms with Gasteiger partial charge in [-0.25, -0.2) is 31.9 Å². The fourth-order valence-electron chi connectivity index (χ4n) is 3.38. The topological polar surface area (TPSA) is 173 Å². The van der Waals surface area contributed by atoms with Gasteiger partial charge in [0.15, 0.2) is 11.6 Å². The summed E-state index contributed by atoms with van der Waals surface area (Å²) < 4.78 is 52.2. The Hall–Kier alpha value is -3.81. The van der Waals surface area contributed by atoms with E-state index in [0.717, 1.165) is 0 Å². The number of nitrogens with zero attached hydrogens (tertiary/aromatic N) is 2. The van der Waals surface area contributed by atoms with E-state index in [4.69, 9.17) is 5.14 Å². The summed E-state index contributed by atoms with van der Waals surface area (Å²) in [5.74, 6) is -0.258. The largest absolute Gasteiger partial charge is 0.341 e. The van der Waals surface area contributed by atoms with Gasteiger partial charge in [0.1, 0.15) is 0 Å². The van der Waals surface area contributed by atoms with Crippen molar-refractivity contribution in [2.24, 2.45) is 5.14 Å². The lowest BCUT2D eigenvalue weighted by molar-refractivity contribution is -0.114. The van der Waals surface area contributed by atoms with Crippen LogP contribution in [0.25, 0.3) is 11.0 Å². The van der Waals surface area contributed by atoms with Gasteiger partial charge in [-0.15, -0.1) is 0 Å². The molecule has 1 aliphatic carbocycles. The van der Waals surface area contributed by atoms with Crippen molar-refractivity contribution in [1.29, 1.82) is 0 Å². The fraction of sp³-hybridized carbons (Fsp3) is 0.136. The predicted molar refractivity (Wildman–Crippen MR) is 133 cm³/mol. The first-order valence-electron chi connectivity index (χ1n) is 10.3. The molecule has 0 bridgehead atoms. The molecule has 182 valence electrons. The monoisotopic (exact) mass is 514 g/mol. The van der Waals surface area contributed by atoms with Crippen LogP contribution < -0.4 is 20.5 Å². The molecule has 0 fully saturated rings. The Kier molecular flexibility index (Phi) is 6.56. The molecule has 0 saturated heterocycles. The van der Waals surface area contributed by atoms with E-state index in [0.29, 0.717) is 22.4 Å². The SMILES string of the molecule is CC(=O)Nc1ccc(S(=O)(=O)Nc2nc3ccccc3nc2NC2=CC=CC(S(N)(=O)=O)C2)cc1. The Bertz CT molecular complexity index is 1570. The molecular weight excluding hydrogens is 492 g/mol. The van der Waals surface area contributed by atoms with Crippen LogP contribution >= 0.6 is 0 Å². The summed E-state index contributed by atoms with van der Waals surface area (Å²) in [4.78, 5) is 20.1. The van der Waals surface area contributed by atoms with Gasteiger partial charge in [0.25, 0.3) is 10.0 Å². The molecule has 1 atom stereocenters. The summed E-state index contributed by atoms with van der Waals surface area (Å²) in [5.41, 5.74) is 1.88. The minimum atomic E-state index is -4.08. The number of nitrogens with two attached hydrogens (primary N) is 1. The average Bonchev–Trinajstić information content (AvgIpc) is 2.79. The van der Waals surface area contributed by atoms with Gasteiger partial charge in [-0.3, -0.25) is 9.52 Å². The van der Waals surface area contributed by atoms with Crippen LogP contribution in [0.15, 0.2) is 77.4 Å². The number of aromatic nitrogens is 2. The number of benzene rings is 2. The molecular formula is C22H22N6O5S2. The van der Waals surface area contributed by atoms with E-state index in [1.54, 1.807) is 36.4 Å². The van der Waals surface area contributed by atoms with Crippen molar-refractivity contribution in [2.75, 3.05) is 15.4 Å². The van der Waals surface area contributed by atoms with Crippen LogP contribution in [-0.4, -0.2) is 38.0 Å². The first-order chi connectivity index (χ1) is 16.5. The summed E-state index contributed by atoms with van der Waals surface area (Å²) in [6.07, 6.45) is 4.73. The maximum Gasteiger partial charge on any atom is 0.263 e. The molecule has 2 aromatic carbocycles. The fourth-order valence-corrected chi connectivity index (χ4v) is 5.11. The number of para-hydroxylation sites is 2. The molecule has 1 unspecified atom stereocenters. The quantitative estimate of drug-likeness (QED) is 0.372. The average molecular weight is 515 g/mol. The molecule has 0 spiro atoms. The first-order valence-corrected chi connectivity index (χ1v) is 13.4. The Morgan fingerprint density at radius 2 is 1.60 bits per heavy atom. The number of fused-ring (bicyclic) bond motifs is 1. The third-order valence-corrected chi connectivity index (χ3v) is 7.55. The molecule has 5 N–H and O–H groups in total. The second-order valence-electron chi connectivity index (χ2n) is 7.75. The van der Waals surface area contributed by atoms with Gasteiger partial charge in [-0.05, 0) is 42.5 Å². The van der Waals surface area contributed by atoms with E-state index in [1.807, 2.05) is 0 Å². The lowest BCUT2D eigenvalue weighted by Gasteiger charge is -2.19. The number of anilines is 3. The second kappa shape index (κ2) is 9.44. The van der Waals surface area contributed by atoms with Gasteiger partial charge in [0.2, 0.25) is 15.9 Å². The first kappa shape index (κ1) is 24.3. The molecule has 35 heavy (non-hydrogen) atoms. The molecule has 3 aromatic rings. The van der Waals surface area contributed by atoms with Crippen molar-refractivity contribution < 1.29 is 21.6 Å². The third kappa shape index (κ3) is 5.82. The zero-order valence-electron chi connectivity index (χ0n) is 18.5. The zero-order valence-corrected chi connectivity index (χ0v) is 20.1. The lowest BCUT2D eigenvalue weighted by atomic mass is 10.1. The van der Waals surface area contributed by atoms with Crippen LogP contribution in [0.3, 0.4) is 0 Å². The van der Waals surface area contributed by atoms with E-state index in [-0.39, 0.29) is 28.9 Å². The Morgan fingerprint density at radius 3 is 2.20 bits per heavy atom. The number of allylic oxidation sites excluding steroid dienone is 3.